The van der Waals surface area contributed by atoms with Gasteiger partial charge in [0.05, 0.1) is 6.54 Å². The predicted molar refractivity (Wildman–Crippen MR) is 84.4 cm³/mol. The van der Waals surface area contributed by atoms with Crippen molar-refractivity contribution in [3.63, 3.8) is 0 Å². The summed E-state index contributed by atoms with van der Waals surface area (Å²) in [5.74, 6) is 0.556. The van der Waals surface area contributed by atoms with Crippen LogP contribution in [0.2, 0.25) is 0 Å². The fourth-order valence-electron chi connectivity index (χ4n) is 3.19. The van der Waals surface area contributed by atoms with Crippen LogP contribution in [-0.2, 0) is 16.1 Å². The lowest BCUT2D eigenvalue weighted by atomic mass is 9.97. The van der Waals surface area contributed by atoms with Crippen LogP contribution in [0.25, 0.3) is 5.65 Å². The molecule has 0 spiro atoms. The van der Waals surface area contributed by atoms with Crippen LogP contribution < -0.4 is 10.6 Å². The van der Waals surface area contributed by atoms with Gasteiger partial charge < -0.3 is 10.6 Å². The molecular weight excluding hydrogens is 294 g/mol. The van der Waals surface area contributed by atoms with Crippen molar-refractivity contribution in [2.75, 3.05) is 0 Å². The van der Waals surface area contributed by atoms with Gasteiger partial charge in [-0.3, -0.25) is 14.0 Å². The van der Waals surface area contributed by atoms with Crippen molar-refractivity contribution in [1.29, 1.82) is 0 Å². The van der Waals surface area contributed by atoms with Crippen LogP contribution in [0.5, 0.6) is 0 Å². The van der Waals surface area contributed by atoms with Gasteiger partial charge >= 0.3 is 0 Å². The average molecular weight is 315 g/mol. The monoisotopic (exact) mass is 315 g/mol. The standard InChI is InChI=1S/C16H21N5O2/c1-11(22)18-15(12-6-2-3-7-12)16(23)17-10-14-20-19-13-8-4-5-9-21(13)14/h4-5,8-9,12,15H,2-3,6-7,10H2,1H3,(H,17,23)(H,18,22). The number of pyridine rings is 1. The third kappa shape index (κ3) is 3.49. The maximum absolute atomic E-state index is 12.5. The number of nitrogens with one attached hydrogen (secondary N) is 2. The van der Waals surface area contributed by atoms with Gasteiger partial charge in [0.2, 0.25) is 11.8 Å². The molecular formula is C16H21N5O2. The van der Waals surface area contributed by atoms with E-state index in [2.05, 4.69) is 20.8 Å². The Bertz CT molecular complexity index is 705. The molecule has 1 saturated carbocycles. The second-order valence-electron chi connectivity index (χ2n) is 5.99. The molecule has 7 nitrogen and oxygen atoms in total. The summed E-state index contributed by atoms with van der Waals surface area (Å²) in [4.78, 5) is 23.9. The van der Waals surface area contributed by atoms with Crippen LogP contribution in [0, 0.1) is 5.92 Å². The van der Waals surface area contributed by atoms with Crippen LogP contribution in [0.15, 0.2) is 24.4 Å². The molecule has 23 heavy (non-hydrogen) atoms. The fourth-order valence-corrected chi connectivity index (χ4v) is 3.19. The molecule has 2 aromatic rings. The number of carbonyl (C=O) groups is 2. The molecule has 1 unspecified atom stereocenters. The second-order valence-corrected chi connectivity index (χ2v) is 5.99. The van der Waals surface area contributed by atoms with Crippen molar-refractivity contribution in [1.82, 2.24) is 25.2 Å². The predicted octanol–water partition coefficient (Wildman–Crippen LogP) is 1.04. The van der Waals surface area contributed by atoms with E-state index in [0.29, 0.717) is 5.82 Å². The van der Waals surface area contributed by atoms with Crippen LogP contribution >= 0.6 is 0 Å². The lowest BCUT2D eigenvalue weighted by Crippen LogP contribution is -2.49. The molecule has 7 heteroatoms. The highest BCUT2D eigenvalue weighted by Gasteiger charge is 2.31. The van der Waals surface area contributed by atoms with E-state index in [4.69, 9.17) is 0 Å². The Kier molecular flexibility index (Phi) is 4.55. The Morgan fingerprint density at radius 2 is 2.09 bits per heavy atom. The highest BCUT2D eigenvalue weighted by molar-refractivity contribution is 5.87. The zero-order valence-corrected chi connectivity index (χ0v) is 13.2. The summed E-state index contributed by atoms with van der Waals surface area (Å²) in [6.45, 7) is 1.73. The first-order chi connectivity index (χ1) is 11.1. The van der Waals surface area contributed by atoms with Crippen molar-refractivity contribution in [2.45, 2.75) is 45.2 Å². The Morgan fingerprint density at radius 1 is 1.30 bits per heavy atom. The minimum absolute atomic E-state index is 0.153. The number of hydrogen-bond donors (Lipinski definition) is 2. The van der Waals surface area contributed by atoms with Gasteiger partial charge in [0.25, 0.3) is 0 Å². The van der Waals surface area contributed by atoms with E-state index < -0.39 is 6.04 Å². The quantitative estimate of drug-likeness (QED) is 0.863. The summed E-state index contributed by atoms with van der Waals surface area (Å²) in [6, 6.07) is 5.17. The molecule has 0 aliphatic heterocycles. The highest BCUT2D eigenvalue weighted by Crippen LogP contribution is 2.27. The van der Waals surface area contributed by atoms with Crippen molar-refractivity contribution in [2.24, 2.45) is 5.92 Å². The third-order valence-corrected chi connectivity index (χ3v) is 4.32. The topological polar surface area (TPSA) is 88.4 Å². The first-order valence-corrected chi connectivity index (χ1v) is 7.98. The summed E-state index contributed by atoms with van der Waals surface area (Å²) in [7, 11) is 0. The number of fused-ring (bicyclic) bond motifs is 1. The average Bonchev–Trinajstić information content (AvgIpc) is 3.20. The molecule has 0 saturated heterocycles. The van der Waals surface area contributed by atoms with E-state index in [-0.39, 0.29) is 24.3 Å². The zero-order valence-electron chi connectivity index (χ0n) is 13.2. The fraction of sp³-hybridized carbons (Fsp3) is 0.500. The highest BCUT2D eigenvalue weighted by atomic mass is 16.2. The van der Waals surface area contributed by atoms with Crippen molar-refractivity contribution in [3.8, 4) is 0 Å². The van der Waals surface area contributed by atoms with E-state index in [1.165, 1.54) is 6.92 Å². The van der Waals surface area contributed by atoms with E-state index in [1.54, 1.807) is 0 Å². The largest absolute Gasteiger partial charge is 0.347 e. The molecule has 2 aromatic heterocycles. The van der Waals surface area contributed by atoms with Crippen LogP contribution in [0.1, 0.15) is 38.4 Å². The third-order valence-electron chi connectivity index (χ3n) is 4.32. The summed E-state index contributed by atoms with van der Waals surface area (Å²) in [5.41, 5.74) is 0.742. The van der Waals surface area contributed by atoms with Gasteiger partial charge in [-0.15, -0.1) is 10.2 Å². The minimum Gasteiger partial charge on any atom is -0.347 e. The smallest absolute Gasteiger partial charge is 0.243 e. The lowest BCUT2D eigenvalue weighted by molar-refractivity contribution is -0.129. The number of nitrogens with zero attached hydrogens (tertiary/aromatic N) is 3. The van der Waals surface area contributed by atoms with Gasteiger partial charge in [-0.1, -0.05) is 18.9 Å². The Morgan fingerprint density at radius 3 is 2.83 bits per heavy atom. The molecule has 0 aromatic carbocycles. The van der Waals surface area contributed by atoms with E-state index in [0.717, 1.165) is 31.3 Å². The van der Waals surface area contributed by atoms with Gasteiger partial charge in [-0.25, -0.2) is 0 Å². The molecule has 1 aliphatic rings. The molecule has 3 rings (SSSR count). The second kappa shape index (κ2) is 6.76. The Hall–Kier alpha value is -2.44. The number of aromatic nitrogens is 3. The normalized spacial score (nSPS) is 16.4. The van der Waals surface area contributed by atoms with Crippen LogP contribution in [-0.4, -0.2) is 32.5 Å². The number of hydrogen-bond acceptors (Lipinski definition) is 4. The lowest BCUT2D eigenvalue weighted by Gasteiger charge is -2.23. The molecule has 2 amide bonds. The number of carbonyl (C=O) groups excluding carboxylic acids is 2. The van der Waals surface area contributed by atoms with Crippen molar-refractivity contribution in [3.05, 3.63) is 30.2 Å². The summed E-state index contributed by atoms with van der Waals surface area (Å²) in [5, 5.41) is 13.8. The molecule has 0 bridgehead atoms. The molecule has 1 atom stereocenters. The van der Waals surface area contributed by atoms with E-state index in [9.17, 15) is 9.59 Å². The van der Waals surface area contributed by atoms with E-state index in [1.807, 2.05) is 28.8 Å². The summed E-state index contributed by atoms with van der Waals surface area (Å²) < 4.78 is 1.84. The Labute approximate surface area is 134 Å². The first kappa shape index (κ1) is 15.5. The first-order valence-electron chi connectivity index (χ1n) is 7.98. The maximum atomic E-state index is 12.5. The van der Waals surface area contributed by atoms with Crippen LogP contribution in [0.3, 0.4) is 0 Å². The van der Waals surface area contributed by atoms with Gasteiger partial charge in [-0.2, -0.15) is 0 Å². The Balaban J connectivity index is 1.67. The molecule has 1 aliphatic carbocycles. The SMILES string of the molecule is CC(=O)NC(C(=O)NCc1nnc2ccccn12)C1CCCC1. The summed E-state index contributed by atoms with van der Waals surface area (Å²) in [6.07, 6.45) is 6.04. The molecule has 2 N–H and O–H groups in total. The van der Waals surface area contributed by atoms with Crippen LogP contribution in [0.4, 0.5) is 0 Å². The van der Waals surface area contributed by atoms with Crippen molar-refractivity contribution < 1.29 is 9.59 Å². The summed E-state index contributed by atoms with van der Waals surface area (Å²) >= 11 is 0. The molecule has 122 valence electrons. The van der Waals surface area contributed by atoms with Gasteiger partial charge in [0.15, 0.2) is 11.5 Å². The van der Waals surface area contributed by atoms with Gasteiger partial charge in [-0.05, 0) is 30.9 Å². The van der Waals surface area contributed by atoms with Crippen molar-refractivity contribution >= 4 is 17.5 Å². The molecule has 1 fully saturated rings. The van der Waals surface area contributed by atoms with Gasteiger partial charge in [0.1, 0.15) is 6.04 Å². The van der Waals surface area contributed by atoms with Gasteiger partial charge in [0, 0.05) is 13.1 Å². The number of rotatable bonds is 5. The number of amides is 2. The molecule has 0 radical (unpaired) electrons. The zero-order chi connectivity index (χ0) is 16.2. The van der Waals surface area contributed by atoms with E-state index >= 15 is 0 Å². The minimum atomic E-state index is -0.464. The molecule has 2 heterocycles. The maximum Gasteiger partial charge on any atom is 0.243 e.